The van der Waals surface area contributed by atoms with Gasteiger partial charge in [0.05, 0.1) is 26.9 Å². The molecule has 4 heteroatoms. The highest BCUT2D eigenvalue weighted by atomic mass is 16.5. The summed E-state index contributed by atoms with van der Waals surface area (Å²) >= 11 is 0. The Balaban J connectivity index is 2.59. The van der Waals surface area contributed by atoms with Gasteiger partial charge in [0, 0.05) is 6.61 Å². The Labute approximate surface area is 109 Å². The number of nitrogens with two attached hydrogens (primary N) is 1. The van der Waals surface area contributed by atoms with Crippen LogP contribution in [0.15, 0.2) is 18.2 Å². The van der Waals surface area contributed by atoms with Crippen molar-refractivity contribution < 1.29 is 14.2 Å². The standard InChI is InChI=1S/C14H23NO3/c1-4-5-8-18-10-12(15)11-6-7-13(16-2)14(9-11)17-3/h6-7,9,12H,4-5,8,10,15H2,1-3H3. The van der Waals surface area contributed by atoms with Crippen LogP contribution < -0.4 is 15.2 Å². The van der Waals surface area contributed by atoms with Crippen LogP contribution in [-0.4, -0.2) is 27.4 Å². The maximum Gasteiger partial charge on any atom is 0.161 e. The zero-order valence-corrected chi connectivity index (χ0v) is 11.4. The van der Waals surface area contributed by atoms with Crippen LogP contribution in [-0.2, 0) is 4.74 Å². The number of unbranched alkanes of at least 4 members (excludes halogenated alkanes) is 1. The predicted molar refractivity (Wildman–Crippen MR) is 72.2 cm³/mol. The first kappa shape index (κ1) is 14.8. The number of methoxy groups -OCH3 is 2. The summed E-state index contributed by atoms with van der Waals surface area (Å²) in [5, 5.41) is 0. The third kappa shape index (κ3) is 4.20. The van der Waals surface area contributed by atoms with Gasteiger partial charge in [-0.15, -0.1) is 0 Å². The average molecular weight is 253 g/mol. The molecule has 4 nitrogen and oxygen atoms in total. The molecule has 0 bridgehead atoms. The summed E-state index contributed by atoms with van der Waals surface area (Å²) in [6, 6.07) is 5.56. The van der Waals surface area contributed by atoms with Gasteiger partial charge in [0.15, 0.2) is 11.5 Å². The van der Waals surface area contributed by atoms with Crippen molar-refractivity contribution in [1.29, 1.82) is 0 Å². The molecule has 0 aromatic heterocycles. The molecular formula is C14H23NO3. The maximum atomic E-state index is 6.07. The molecule has 0 saturated heterocycles. The molecule has 0 radical (unpaired) electrons. The molecule has 102 valence electrons. The minimum Gasteiger partial charge on any atom is -0.493 e. The van der Waals surface area contributed by atoms with Gasteiger partial charge in [-0.05, 0) is 24.1 Å². The lowest BCUT2D eigenvalue weighted by Crippen LogP contribution is -2.17. The molecule has 1 aromatic rings. The average Bonchev–Trinajstić information content (AvgIpc) is 2.42. The van der Waals surface area contributed by atoms with Crippen LogP contribution in [0.4, 0.5) is 0 Å². The molecule has 1 atom stereocenters. The zero-order valence-electron chi connectivity index (χ0n) is 11.4. The van der Waals surface area contributed by atoms with E-state index in [2.05, 4.69) is 6.92 Å². The fourth-order valence-electron chi connectivity index (χ4n) is 1.64. The lowest BCUT2D eigenvalue weighted by molar-refractivity contribution is 0.118. The summed E-state index contributed by atoms with van der Waals surface area (Å²) in [4.78, 5) is 0. The summed E-state index contributed by atoms with van der Waals surface area (Å²) in [5.41, 5.74) is 7.06. The van der Waals surface area contributed by atoms with E-state index in [1.807, 2.05) is 18.2 Å². The van der Waals surface area contributed by atoms with E-state index in [9.17, 15) is 0 Å². The van der Waals surface area contributed by atoms with Crippen molar-refractivity contribution in [2.24, 2.45) is 5.73 Å². The molecule has 0 spiro atoms. The van der Waals surface area contributed by atoms with Crippen molar-refractivity contribution >= 4 is 0 Å². The van der Waals surface area contributed by atoms with Crippen LogP contribution in [0.2, 0.25) is 0 Å². The fourth-order valence-corrected chi connectivity index (χ4v) is 1.64. The molecule has 0 aliphatic heterocycles. The topological polar surface area (TPSA) is 53.7 Å². The fraction of sp³-hybridized carbons (Fsp3) is 0.571. The third-order valence-corrected chi connectivity index (χ3v) is 2.78. The quantitative estimate of drug-likeness (QED) is 0.723. The first-order valence-electron chi connectivity index (χ1n) is 6.28. The smallest absolute Gasteiger partial charge is 0.161 e. The summed E-state index contributed by atoms with van der Waals surface area (Å²) in [6.07, 6.45) is 2.20. The Hall–Kier alpha value is -1.26. The SMILES string of the molecule is CCCCOCC(N)c1ccc(OC)c(OC)c1. The van der Waals surface area contributed by atoms with E-state index in [-0.39, 0.29) is 6.04 Å². The van der Waals surface area contributed by atoms with Crippen LogP contribution in [0.25, 0.3) is 0 Å². The molecule has 0 fully saturated rings. The second-order valence-electron chi connectivity index (χ2n) is 4.15. The van der Waals surface area contributed by atoms with Crippen molar-refractivity contribution in [1.82, 2.24) is 0 Å². The monoisotopic (exact) mass is 253 g/mol. The molecule has 1 aromatic carbocycles. The van der Waals surface area contributed by atoms with Gasteiger partial charge in [-0.3, -0.25) is 0 Å². The minimum absolute atomic E-state index is 0.137. The Morgan fingerprint density at radius 2 is 1.89 bits per heavy atom. The van der Waals surface area contributed by atoms with Gasteiger partial charge in [-0.1, -0.05) is 19.4 Å². The second kappa shape index (κ2) is 7.95. The van der Waals surface area contributed by atoms with Gasteiger partial charge < -0.3 is 19.9 Å². The number of rotatable bonds is 8. The number of hydrogen-bond donors (Lipinski definition) is 1. The van der Waals surface area contributed by atoms with E-state index >= 15 is 0 Å². The minimum atomic E-state index is -0.137. The van der Waals surface area contributed by atoms with E-state index in [1.165, 1.54) is 0 Å². The van der Waals surface area contributed by atoms with Crippen LogP contribution in [0.3, 0.4) is 0 Å². The molecule has 0 aliphatic carbocycles. The summed E-state index contributed by atoms with van der Waals surface area (Å²) < 4.78 is 16.0. The van der Waals surface area contributed by atoms with Gasteiger partial charge in [0.25, 0.3) is 0 Å². The molecule has 18 heavy (non-hydrogen) atoms. The van der Waals surface area contributed by atoms with Crippen LogP contribution >= 0.6 is 0 Å². The van der Waals surface area contributed by atoms with Crippen molar-refractivity contribution in [3.05, 3.63) is 23.8 Å². The Kier molecular flexibility index (Phi) is 6.54. The molecule has 1 unspecified atom stereocenters. The van der Waals surface area contributed by atoms with Crippen molar-refractivity contribution in [3.8, 4) is 11.5 Å². The maximum absolute atomic E-state index is 6.07. The molecule has 0 heterocycles. The highest BCUT2D eigenvalue weighted by Crippen LogP contribution is 2.29. The molecule has 1 rings (SSSR count). The number of benzene rings is 1. The van der Waals surface area contributed by atoms with Crippen LogP contribution in [0.1, 0.15) is 31.4 Å². The normalized spacial score (nSPS) is 12.2. The number of ether oxygens (including phenoxy) is 3. The van der Waals surface area contributed by atoms with Gasteiger partial charge in [0.2, 0.25) is 0 Å². The molecule has 0 aliphatic rings. The predicted octanol–water partition coefficient (Wildman–Crippen LogP) is 2.52. The highest BCUT2D eigenvalue weighted by Gasteiger charge is 2.10. The highest BCUT2D eigenvalue weighted by molar-refractivity contribution is 5.43. The van der Waals surface area contributed by atoms with E-state index in [4.69, 9.17) is 19.9 Å². The van der Waals surface area contributed by atoms with Gasteiger partial charge >= 0.3 is 0 Å². The molecule has 0 saturated carbocycles. The molecular weight excluding hydrogens is 230 g/mol. The van der Waals surface area contributed by atoms with Crippen LogP contribution in [0.5, 0.6) is 11.5 Å². The lowest BCUT2D eigenvalue weighted by Gasteiger charge is -2.15. The third-order valence-electron chi connectivity index (χ3n) is 2.78. The van der Waals surface area contributed by atoms with E-state index in [1.54, 1.807) is 14.2 Å². The van der Waals surface area contributed by atoms with Crippen molar-refractivity contribution in [3.63, 3.8) is 0 Å². The van der Waals surface area contributed by atoms with E-state index in [0.29, 0.717) is 18.1 Å². The molecule has 0 amide bonds. The van der Waals surface area contributed by atoms with Gasteiger partial charge in [-0.2, -0.15) is 0 Å². The summed E-state index contributed by atoms with van der Waals surface area (Å²) in [6.45, 7) is 3.42. The van der Waals surface area contributed by atoms with Crippen molar-refractivity contribution in [2.45, 2.75) is 25.8 Å². The number of hydrogen-bond acceptors (Lipinski definition) is 4. The van der Waals surface area contributed by atoms with Gasteiger partial charge in [-0.25, -0.2) is 0 Å². The second-order valence-corrected chi connectivity index (χ2v) is 4.15. The Morgan fingerprint density at radius 3 is 2.50 bits per heavy atom. The zero-order chi connectivity index (χ0) is 13.4. The van der Waals surface area contributed by atoms with E-state index in [0.717, 1.165) is 25.0 Å². The Morgan fingerprint density at radius 1 is 1.17 bits per heavy atom. The van der Waals surface area contributed by atoms with Gasteiger partial charge in [0.1, 0.15) is 0 Å². The first-order chi connectivity index (χ1) is 8.72. The Bertz CT molecular complexity index is 355. The van der Waals surface area contributed by atoms with Crippen LogP contribution in [0, 0.1) is 0 Å². The lowest BCUT2D eigenvalue weighted by atomic mass is 10.1. The first-order valence-corrected chi connectivity index (χ1v) is 6.28. The molecule has 2 N–H and O–H groups in total. The largest absolute Gasteiger partial charge is 0.493 e. The van der Waals surface area contributed by atoms with E-state index < -0.39 is 0 Å². The summed E-state index contributed by atoms with van der Waals surface area (Å²) in [5.74, 6) is 1.40. The van der Waals surface area contributed by atoms with Crippen molar-refractivity contribution in [2.75, 3.05) is 27.4 Å². The summed E-state index contributed by atoms with van der Waals surface area (Å²) in [7, 11) is 3.23.